The minimum atomic E-state index is -3.85. The quantitative estimate of drug-likeness (QED) is 0.701. The Morgan fingerprint density at radius 1 is 1.12 bits per heavy atom. The Morgan fingerprint density at radius 2 is 1.71 bits per heavy atom. The lowest BCUT2D eigenvalue weighted by Crippen LogP contribution is -2.16. The average molecular weight is 425 g/mol. The van der Waals surface area contributed by atoms with Crippen LogP contribution in [0, 0.1) is 16.7 Å². The van der Waals surface area contributed by atoms with E-state index in [1.165, 1.54) is 24.3 Å². The molecule has 1 fully saturated rings. The fourth-order valence-electron chi connectivity index (χ4n) is 3.00. The van der Waals surface area contributed by atoms with Crippen LogP contribution in [0.25, 0.3) is 0 Å². The molecule has 0 N–H and O–H groups in total. The van der Waals surface area contributed by atoms with Gasteiger partial charge in [-0.05, 0) is 42.0 Å². The second kappa shape index (κ2) is 5.99. The van der Waals surface area contributed by atoms with Crippen LogP contribution in [-0.4, -0.2) is 20.0 Å². The summed E-state index contributed by atoms with van der Waals surface area (Å²) in [5.74, 6) is -0.686. The van der Waals surface area contributed by atoms with Gasteiger partial charge in [-0.25, -0.2) is 8.42 Å². The molecule has 122 valence electrons. The summed E-state index contributed by atoms with van der Waals surface area (Å²) in [6.45, 7) is 0. The third-order valence-electron chi connectivity index (χ3n) is 4.27. The van der Waals surface area contributed by atoms with Crippen LogP contribution < -0.4 is 0 Å². The molecule has 3 atom stereocenters. The van der Waals surface area contributed by atoms with E-state index >= 15 is 0 Å². The van der Waals surface area contributed by atoms with Gasteiger partial charge < -0.3 is 4.79 Å². The molecule has 3 rings (SSSR count). The zero-order valence-electron chi connectivity index (χ0n) is 12.2. The maximum absolute atomic E-state index is 12.9. The van der Waals surface area contributed by atoms with Crippen molar-refractivity contribution < 1.29 is 13.2 Å². The van der Waals surface area contributed by atoms with Crippen LogP contribution in [-0.2, 0) is 14.6 Å². The van der Waals surface area contributed by atoms with Gasteiger partial charge in [0.15, 0.2) is 9.84 Å². The molecular formula is C17H11BrClNO3S. The van der Waals surface area contributed by atoms with Gasteiger partial charge in [0, 0.05) is 15.4 Å². The van der Waals surface area contributed by atoms with E-state index in [4.69, 9.17) is 11.6 Å². The molecule has 0 heterocycles. The first-order chi connectivity index (χ1) is 11.4. The second-order valence-electron chi connectivity index (χ2n) is 5.61. The minimum absolute atomic E-state index is 0.0537. The molecule has 0 amide bonds. The molecule has 1 saturated carbocycles. The predicted molar refractivity (Wildman–Crippen MR) is 93.4 cm³/mol. The number of rotatable bonds is 4. The van der Waals surface area contributed by atoms with Crippen LogP contribution in [0.3, 0.4) is 0 Å². The molecule has 0 unspecified atom stereocenters. The largest absolute Gasteiger partial charge is 0.302 e. The summed E-state index contributed by atoms with van der Waals surface area (Å²) in [6.07, 6.45) is 0.456. The first kappa shape index (κ1) is 17.2. The van der Waals surface area contributed by atoms with Crippen LogP contribution >= 0.6 is 27.5 Å². The van der Waals surface area contributed by atoms with Crippen LogP contribution in [0.4, 0.5) is 0 Å². The lowest BCUT2D eigenvalue weighted by molar-refractivity contribution is -0.110. The highest BCUT2D eigenvalue weighted by atomic mass is 79.9. The SMILES string of the molecule is N#C[C@@]1(C=O)[C@@H](c2ccc(Br)cc2)[C@@H]1S(=O)(=O)c1ccc(Cl)cc1. The molecule has 1 aliphatic rings. The second-order valence-corrected chi connectivity index (χ2v) is 9.03. The van der Waals surface area contributed by atoms with E-state index in [9.17, 15) is 18.5 Å². The zero-order chi connectivity index (χ0) is 17.5. The highest BCUT2D eigenvalue weighted by Gasteiger charge is 2.72. The van der Waals surface area contributed by atoms with Gasteiger partial charge in [-0.1, -0.05) is 39.7 Å². The van der Waals surface area contributed by atoms with Crippen LogP contribution in [0.15, 0.2) is 57.9 Å². The molecule has 0 aromatic heterocycles. The van der Waals surface area contributed by atoms with Crippen molar-refractivity contribution >= 4 is 43.7 Å². The van der Waals surface area contributed by atoms with Crippen molar-refractivity contribution in [1.82, 2.24) is 0 Å². The number of benzene rings is 2. The van der Waals surface area contributed by atoms with Gasteiger partial charge in [0.25, 0.3) is 0 Å². The minimum Gasteiger partial charge on any atom is -0.302 e. The molecule has 7 heteroatoms. The molecule has 0 bridgehead atoms. The van der Waals surface area contributed by atoms with Gasteiger partial charge in [0.1, 0.15) is 17.0 Å². The monoisotopic (exact) mass is 423 g/mol. The van der Waals surface area contributed by atoms with Crippen molar-refractivity contribution in [2.45, 2.75) is 16.1 Å². The highest BCUT2D eigenvalue weighted by Crippen LogP contribution is 2.62. The lowest BCUT2D eigenvalue weighted by atomic mass is 10.0. The average Bonchev–Trinajstić information content (AvgIpc) is 3.26. The van der Waals surface area contributed by atoms with Gasteiger partial charge in [-0.15, -0.1) is 0 Å². The number of aldehydes is 1. The Morgan fingerprint density at radius 3 is 2.21 bits per heavy atom. The lowest BCUT2D eigenvalue weighted by Gasteiger charge is -2.04. The Bertz CT molecular complexity index is 935. The van der Waals surface area contributed by atoms with Crippen molar-refractivity contribution in [2.75, 3.05) is 0 Å². The summed E-state index contributed by atoms with van der Waals surface area (Å²) >= 11 is 9.11. The molecule has 2 aromatic rings. The number of nitriles is 1. The summed E-state index contributed by atoms with van der Waals surface area (Å²) in [5.41, 5.74) is -0.916. The number of nitrogens with zero attached hydrogens (tertiary/aromatic N) is 1. The topological polar surface area (TPSA) is 75.0 Å². The summed E-state index contributed by atoms with van der Waals surface area (Å²) in [5, 5.41) is 8.80. The van der Waals surface area contributed by atoms with Crippen LogP contribution in [0.1, 0.15) is 11.5 Å². The number of hydrogen-bond acceptors (Lipinski definition) is 4. The summed E-state index contributed by atoms with van der Waals surface area (Å²) in [6, 6.07) is 14.6. The van der Waals surface area contributed by atoms with Gasteiger partial charge in [0.05, 0.1) is 11.0 Å². The predicted octanol–water partition coefficient (Wildman–Crippen LogP) is 3.75. The van der Waals surface area contributed by atoms with E-state index in [1.807, 2.05) is 6.07 Å². The fraction of sp³-hybridized carbons (Fsp3) is 0.176. The summed E-state index contributed by atoms with van der Waals surface area (Å²) in [7, 11) is -3.85. The number of halogens is 2. The zero-order valence-corrected chi connectivity index (χ0v) is 15.3. The maximum Gasteiger partial charge on any atom is 0.183 e. The summed E-state index contributed by atoms with van der Waals surface area (Å²) < 4.78 is 26.7. The van der Waals surface area contributed by atoms with Gasteiger partial charge in [-0.3, -0.25) is 0 Å². The van der Waals surface area contributed by atoms with Gasteiger partial charge >= 0.3 is 0 Å². The molecule has 0 saturated heterocycles. The Hall–Kier alpha value is -1.68. The van der Waals surface area contributed by atoms with E-state index in [2.05, 4.69) is 15.9 Å². The first-order valence-corrected chi connectivity index (χ1v) is 9.71. The molecule has 4 nitrogen and oxygen atoms in total. The fourth-order valence-corrected chi connectivity index (χ4v) is 5.63. The van der Waals surface area contributed by atoms with E-state index in [0.717, 1.165) is 4.47 Å². The molecule has 0 aliphatic heterocycles. The van der Waals surface area contributed by atoms with Crippen molar-refractivity contribution in [1.29, 1.82) is 5.26 Å². The first-order valence-electron chi connectivity index (χ1n) is 6.99. The van der Waals surface area contributed by atoms with E-state index in [1.54, 1.807) is 24.3 Å². The number of carbonyl (C=O) groups excluding carboxylic acids is 1. The molecule has 2 aromatic carbocycles. The van der Waals surface area contributed by atoms with E-state index in [0.29, 0.717) is 16.9 Å². The van der Waals surface area contributed by atoms with Crippen molar-refractivity contribution in [3.8, 4) is 6.07 Å². The third-order valence-corrected chi connectivity index (χ3v) is 7.31. The van der Waals surface area contributed by atoms with Gasteiger partial charge in [-0.2, -0.15) is 5.26 Å². The molecule has 1 aliphatic carbocycles. The van der Waals surface area contributed by atoms with E-state index in [-0.39, 0.29) is 4.90 Å². The van der Waals surface area contributed by atoms with Crippen molar-refractivity contribution in [2.24, 2.45) is 5.41 Å². The Balaban J connectivity index is 2.08. The Labute approximate surface area is 153 Å². The number of carbonyl (C=O) groups is 1. The molecule has 24 heavy (non-hydrogen) atoms. The van der Waals surface area contributed by atoms with Crippen LogP contribution in [0.2, 0.25) is 5.02 Å². The Kier molecular flexibility index (Phi) is 4.28. The number of hydrogen-bond donors (Lipinski definition) is 0. The van der Waals surface area contributed by atoms with Crippen molar-refractivity contribution in [3.63, 3.8) is 0 Å². The van der Waals surface area contributed by atoms with Crippen molar-refractivity contribution in [3.05, 3.63) is 63.6 Å². The van der Waals surface area contributed by atoms with Crippen LogP contribution in [0.5, 0.6) is 0 Å². The standard InChI is InChI=1S/C17H11BrClNO3S/c18-12-3-1-11(2-4-12)15-16(17(15,9-20)10-21)24(22,23)14-7-5-13(19)6-8-14/h1-8,10,15-16H/t15-,16-,17+/m0/s1. The van der Waals surface area contributed by atoms with Gasteiger partial charge in [0.2, 0.25) is 0 Å². The normalized spacial score (nSPS) is 25.7. The third kappa shape index (κ3) is 2.57. The molecule has 0 spiro atoms. The maximum atomic E-state index is 12.9. The molecule has 0 radical (unpaired) electrons. The summed E-state index contributed by atoms with van der Waals surface area (Å²) in [4.78, 5) is 11.6. The molecular weight excluding hydrogens is 414 g/mol. The number of sulfone groups is 1. The van der Waals surface area contributed by atoms with E-state index < -0.39 is 26.4 Å². The smallest absolute Gasteiger partial charge is 0.183 e. The highest BCUT2D eigenvalue weighted by molar-refractivity contribution is 9.10.